The van der Waals surface area contributed by atoms with Crippen molar-refractivity contribution >= 4 is 22.9 Å². The Morgan fingerprint density at radius 2 is 2.11 bits per heavy atom. The fourth-order valence-corrected chi connectivity index (χ4v) is 3.85. The molecule has 1 aromatic heterocycles. The number of amides is 1. The standard InChI is InChI=1S/C19H23F2N3O3S/c1-12-22-15(11-28-12)10-24-7-5-13(6-8-24)18(25)23-14-3-4-16(26-2)17(9-14)27-19(20)21/h3-4,9,11,13,19H,5-8,10H2,1-2H3,(H,23,25). The van der Waals surface area contributed by atoms with Crippen molar-refractivity contribution in [1.29, 1.82) is 0 Å². The number of nitrogens with zero attached hydrogens (tertiary/aromatic N) is 2. The molecule has 6 nitrogen and oxygen atoms in total. The molecular weight excluding hydrogens is 388 g/mol. The molecule has 0 aliphatic carbocycles. The van der Waals surface area contributed by atoms with Crippen molar-refractivity contribution in [1.82, 2.24) is 9.88 Å². The number of ether oxygens (including phenoxy) is 2. The van der Waals surface area contributed by atoms with Gasteiger partial charge in [-0.2, -0.15) is 8.78 Å². The van der Waals surface area contributed by atoms with Crippen LogP contribution in [-0.2, 0) is 11.3 Å². The summed E-state index contributed by atoms with van der Waals surface area (Å²) in [5.74, 6) is -0.153. The maximum Gasteiger partial charge on any atom is 0.387 e. The molecule has 0 unspecified atom stereocenters. The molecule has 28 heavy (non-hydrogen) atoms. The minimum Gasteiger partial charge on any atom is -0.493 e. The normalized spacial score (nSPS) is 15.6. The van der Waals surface area contributed by atoms with Crippen molar-refractivity contribution in [2.45, 2.75) is 32.9 Å². The first kappa shape index (κ1) is 20.5. The third-order valence-electron chi connectivity index (χ3n) is 4.66. The number of aryl methyl sites for hydroxylation is 1. The number of carbonyl (C=O) groups is 1. The van der Waals surface area contributed by atoms with E-state index in [-0.39, 0.29) is 23.3 Å². The largest absolute Gasteiger partial charge is 0.493 e. The molecule has 1 N–H and O–H groups in total. The number of halogens is 2. The van der Waals surface area contributed by atoms with E-state index in [0.717, 1.165) is 43.2 Å². The molecule has 0 saturated carbocycles. The van der Waals surface area contributed by atoms with E-state index in [1.165, 1.54) is 19.2 Å². The Balaban J connectivity index is 1.54. The van der Waals surface area contributed by atoms with E-state index < -0.39 is 6.61 Å². The summed E-state index contributed by atoms with van der Waals surface area (Å²) in [7, 11) is 1.37. The van der Waals surface area contributed by atoms with E-state index in [1.54, 1.807) is 17.4 Å². The SMILES string of the molecule is COc1ccc(NC(=O)C2CCN(Cc3csc(C)n3)CC2)cc1OC(F)F. The van der Waals surface area contributed by atoms with Crippen molar-refractivity contribution in [2.75, 3.05) is 25.5 Å². The minimum absolute atomic E-state index is 0.108. The van der Waals surface area contributed by atoms with Gasteiger partial charge in [-0.15, -0.1) is 11.3 Å². The fraction of sp³-hybridized carbons (Fsp3) is 0.474. The third-order valence-corrected chi connectivity index (χ3v) is 5.48. The zero-order valence-corrected chi connectivity index (χ0v) is 16.6. The highest BCUT2D eigenvalue weighted by molar-refractivity contribution is 7.09. The van der Waals surface area contributed by atoms with Crippen molar-refractivity contribution in [3.63, 3.8) is 0 Å². The third kappa shape index (κ3) is 5.39. The van der Waals surface area contributed by atoms with Crippen molar-refractivity contribution < 1.29 is 23.0 Å². The van der Waals surface area contributed by atoms with Gasteiger partial charge in [0.25, 0.3) is 0 Å². The van der Waals surface area contributed by atoms with Crippen molar-refractivity contribution in [3.05, 3.63) is 34.3 Å². The summed E-state index contributed by atoms with van der Waals surface area (Å²) in [6.45, 7) is 1.45. The van der Waals surface area contributed by atoms with Crippen molar-refractivity contribution in [3.8, 4) is 11.5 Å². The van der Waals surface area contributed by atoms with Gasteiger partial charge in [-0.1, -0.05) is 0 Å². The maximum absolute atomic E-state index is 12.6. The van der Waals surface area contributed by atoms with Gasteiger partial charge in [0, 0.05) is 29.6 Å². The lowest BCUT2D eigenvalue weighted by molar-refractivity contribution is -0.121. The number of carbonyl (C=O) groups excluding carboxylic acids is 1. The highest BCUT2D eigenvalue weighted by atomic mass is 32.1. The molecule has 3 rings (SSSR count). The summed E-state index contributed by atoms with van der Waals surface area (Å²) in [6, 6.07) is 4.45. The second kappa shape index (κ2) is 9.29. The molecule has 2 heterocycles. The van der Waals surface area contributed by atoms with Crippen molar-refractivity contribution in [2.24, 2.45) is 5.92 Å². The summed E-state index contributed by atoms with van der Waals surface area (Å²) in [5.41, 5.74) is 1.47. The average Bonchev–Trinajstić information content (AvgIpc) is 3.07. The second-order valence-electron chi connectivity index (χ2n) is 6.64. The van der Waals surface area contributed by atoms with Gasteiger partial charge >= 0.3 is 6.61 Å². The zero-order valence-electron chi connectivity index (χ0n) is 15.8. The van der Waals surface area contributed by atoms with Crippen LogP contribution in [0.2, 0.25) is 0 Å². The molecule has 9 heteroatoms. The number of alkyl halides is 2. The van der Waals surface area contributed by atoms with Gasteiger partial charge in [-0.05, 0) is 45.0 Å². The highest BCUT2D eigenvalue weighted by Gasteiger charge is 2.25. The van der Waals surface area contributed by atoms with Gasteiger partial charge in [0.15, 0.2) is 11.5 Å². The Morgan fingerprint density at radius 3 is 2.71 bits per heavy atom. The minimum atomic E-state index is -2.97. The number of methoxy groups -OCH3 is 1. The van der Waals surface area contributed by atoms with E-state index in [1.807, 2.05) is 6.92 Å². The average molecular weight is 411 g/mol. The summed E-state index contributed by atoms with van der Waals surface area (Å²) >= 11 is 1.64. The predicted molar refractivity (Wildman–Crippen MR) is 103 cm³/mol. The van der Waals surface area contributed by atoms with Gasteiger partial charge < -0.3 is 14.8 Å². The van der Waals surface area contributed by atoms with Crippen LogP contribution in [0.4, 0.5) is 14.5 Å². The van der Waals surface area contributed by atoms with Crippen LogP contribution in [0.3, 0.4) is 0 Å². The van der Waals surface area contributed by atoms with Crippen LogP contribution in [0.1, 0.15) is 23.5 Å². The number of benzene rings is 1. The summed E-state index contributed by atoms with van der Waals surface area (Å²) < 4.78 is 34.5. The number of piperidine rings is 1. The Hall–Kier alpha value is -2.26. The van der Waals surface area contributed by atoms with Crippen LogP contribution < -0.4 is 14.8 Å². The molecule has 0 atom stereocenters. The van der Waals surface area contributed by atoms with E-state index in [2.05, 4.69) is 25.3 Å². The second-order valence-corrected chi connectivity index (χ2v) is 7.70. The summed E-state index contributed by atoms with van der Waals surface area (Å²) in [6.07, 6.45) is 1.48. The van der Waals surface area contributed by atoms with Gasteiger partial charge in [0.1, 0.15) is 0 Å². The van der Waals surface area contributed by atoms with Crippen LogP contribution >= 0.6 is 11.3 Å². The molecule has 0 spiro atoms. The lowest BCUT2D eigenvalue weighted by Crippen LogP contribution is -2.37. The van der Waals surface area contributed by atoms with Gasteiger partial charge in [0.2, 0.25) is 5.91 Å². The van der Waals surface area contributed by atoms with Crippen LogP contribution in [0.25, 0.3) is 0 Å². The number of nitrogens with one attached hydrogen (secondary N) is 1. The van der Waals surface area contributed by atoms with Gasteiger partial charge in [-0.25, -0.2) is 4.98 Å². The number of hydrogen-bond donors (Lipinski definition) is 1. The van der Waals surface area contributed by atoms with Crippen LogP contribution in [0.5, 0.6) is 11.5 Å². The molecule has 1 aromatic carbocycles. The molecule has 152 valence electrons. The number of aromatic nitrogens is 1. The first-order valence-corrected chi connectivity index (χ1v) is 9.89. The Morgan fingerprint density at radius 1 is 1.36 bits per heavy atom. The van der Waals surface area contributed by atoms with E-state index >= 15 is 0 Å². The molecule has 1 fully saturated rings. The lowest BCUT2D eigenvalue weighted by Gasteiger charge is -2.30. The van der Waals surface area contributed by atoms with Gasteiger partial charge in [-0.3, -0.25) is 9.69 Å². The first-order valence-electron chi connectivity index (χ1n) is 9.01. The Labute approximate surface area is 166 Å². The summed E-state index contributed by atoms with van der Waals surface area (Å²) in [4.78, 5) is 19.3. The van der Waals surface area contributed by atoms with E-state index in [9.17, 15) is 13.6 Å². The summed E-state index contributed by atoms with van der Waals surface area (Å²) in [5, 5.41) is 5.92. The Kier molecular flexibility index (Phi) is 6.79. The number of likely N-dealkylation sites (tertiary alicyclic amines) is 1. The molecule has 1 aliphatic rings. The van der Waals surface area contributed by atoms with E-state index in [4.69, 9.17) is 4.74 Å². The predicted octanol–water partition coefficient (Wildman–Crippen LogP) is 3.91. The molecule has 1 amide bonds. The fourth-order valence-electron chi connectivity index (χ4n) is 3.25. The molecule has 0 radical (unpaired) electrons. The van der Waals surface area contributed by atoms with Crippen LogP contribution in [0.15, 0.2) is 23.6 Å². The molecule has 1 aliphatic heterocycles. The first-order chi connectivity index (χ1) is 13.4. The Bertz CT molecular complexity index is 807. The number of thiazole rings is 1. The van der Waals surface area contributed by atoms with Crippen LogP contribution in [-0.4, -0.2) is 42.6 Å². The number of rotatable bonds is 7. The number of anilines is 1. The molecule has 1 saturated heterocycles. The molecule has 2 aromatic rings. The molecule has 0 bridgehead atoms. The zero-order chi connectivity index (χ0) is 20.1. The monoisotopic (exact) mass is 411 g/mol. The number of hydrogen-bond acceptors (Lipinski definition) is 6. The topological polar surface area (TPSA) is 63.7 Å². The maximum atomic E-state index is 12.6. The highest BCUT2D eigenvalue weighted by Crippen LogP contribution is 2.32. The van der Waals surface area contributed by atoms with Crippen LogP contribution in [0, 0.1) is 12.8 Å². The van der Waals surface area contributed by atoms with Gasteiger partial charge in [0.05, 0.1) is 17.8 Å². The van der Waals surface area contributed by atoms with E-state index in [0.29, 0.717) is 5.69 Å². The smallest absolute Gasteiger partial charge is 0.387 e. The molecular formula is C19H23F2N3O3S. The lowest BCUT2D eigenvalue weighted by atomic mass is 9.95. The quantitative estimate of drug-likeness (QED) is 0.748.